The number of imidazole rings is 1. The molecule has 0 aliphatic heterocycles. The molecule has 7 nitrogen and oxygen atoms in total. The molecule has 8 heteroatoms. The fourth-order valence-corrected chi connectivity index (χ4v) is 6.37. The lowest BCUT2D eigenvalue weighted by Crippen LogP contribution is -2.60. The summed E-state index contributed by atoms with van der Waals surface area (Å²) in [6.45, 7) is 0. The number of hydrogen-bond acceptors (Lipinski definition) is 4. The number of halogens is 1. The normalized spacial score (nSPS) is 36.2. The first-order chi connectivity index (χ1) is 11.8. The van der Waals surface area contributed by atoms with Gasteiger partial charge in [-0.25, -0.2) is 9.78 Å². The minimum absolute atomic E-state index is 0.101. The van der Waals surface area contributed by atoms with Gasteiger partial charge in [-0.05, 0) is 62.0 Å². The van der Waals surface area contributed by atoms with Crippen LogP contribution in [0.3, 0.4) is 0 Å². The topological polar surface area (TPSA) is 90.0 Å². The molecule has 2 atom stereocenters. The summed E-state index contributed by atoms with van der Waals surface area (Å²) in [5.41, 5.74) is -0.183. The number of nitrogens with zero attached hydrogens (tertiary/aromatic N) is 4. The number of rotatable bonds is 2. The fraction of sp³-hybridized carbons (Fsp3) is 0.647. The van der Waals surface area contributed by atoms with Crippen molar-refractivity contribution in [2.24, 2.45) is 24.3 Å². The van der Waals surface area contributed by atoms with Crippen molar-refractivity contribution >= 4 is 28.7 Å². The monoisotopic (exact) mass is 362 g/mol. The van der Waals surface area contributed by atoms with Crippen molar-refractivity contribution in [1.29, 1.82) is 0 Å². The van der Waals surface area contributed by atoms with Crippen LogP contribution in [0.5, 0.6) is 0 Å². The van der Waals surface area contributed by atoms with Crippen LogP contribution in [0.15, 0.2) is 11.0 Å². The maximum atomic E-state index is 13.1. The number of carboxylic acids is 1. The van der Waals surface area contributed by atoms with Crippen LogP contribution in [0.1, 0.15) is 38.5 Å². The molecule has 0 saturated heterocycles. The van der Waals surface area contributed by atoms with E-state index >= 15 is 0 Å². The van der Waals surface area contributed by atoms with Gasteiger partial charge in [-0.3, -0.25) is 13.9 Å². The highest BCUT2D eigenvalue weighted by Gasteiger charge is 2.62. The third kappa shape index (κ3) is 1.87. The van der Waals surface area contributed by atoms with E-state index in [1.165, 1.54) is 4.57 Å². The Labute approximate surface area is 148 Å². The first-order valence-corrected chi connectivity index (χ1v) is 9.05. The molecule has 4 saturated carbocycles. The van der Waals surface area contributed by atoms with Gasteiger partial charge in [-0.1, -0.05) is 0 Å². The lowest BCUT2D eigenvalue weighted by Gasteiger charge is -2.60. The van der Waals surface area contributed by atoms with Gasteiger partial charge >= 0.3 is 11.7 Å². The molecular formula is C17H19ClN4O3. The van der Waals surface area contributed by atoms with E-state index in [9.17, 15) is 14.7 Å². The van der Waals surface area contributed by atoms with Gasteiger partial charge in [0.25, 0.3) is 0 Å². The van der Waals surface area contributed by atoms with Crippen molar-refractivity contribution in [1.82, 2.24) is 19.1 Å². The van der Waals surface area contributed by atoms with Crippen molar-refractivity contribution in [3.05, 3.63) is 22.0 Å². The zero-order valence-corrected chi connectivity index (χ0v) is 14.7. The molecule has 4 fully saturated rings. The molecule has 0 spiro atoms. The average Bonchev–Trinajstić information content (AvgIpc) is 2.77. The number of carboxylic acid groups (broad SMARTS) is 1. The molecule has 2 aromatic rings. The maximum absolute atomic E-state index is 13.1. The third-order valence-corrected chi connectivity index (χ3v) is 6.91. The second-order valence-electron chi connectivity index (χ2n) is 8.30. The zero-order chi connectivity index (χ0) is 17.6. The second-order valence-corrected chi connectivity index (χ2v) is 8.63. The first-order valence-electron chi connectivity index (χ1n) is 8.67. The van der Waals surface area contributed by atoms with Crippen molar-refractivity contribution in [3.63, 3.8) is 0 Å². The number of fused-ring (bicyclic) bond motifs is 1. The Hall–Kier alpha value is -1.89. The lowest BCUT2D eigenvalue weighted by atomic mass is 9.46. The quantitative estimate of drug-likeness (QED) is 0.827. The van der Waals surface area contributed by atoms with E-state index in [0.29, 0.717) is 29.4 Å². The molecule has 4 aliphatic rings. The lowest BCUT2D eigenvalue weighted by molar-refractivity contribution is -0.172. The maximum Gasteiger partial charge on any atom is 0.330 e. The molecule has 4 aliphatic carbocycles. The highest BCUT2D eigenvalue weighted by atomic mass is 35.5. The van der Waals surface area contributed by atoms with E-state index in [1.54, 1.807) is 17.8 Å². The fourth-order valence-electron chi connectivity index (χ4n) is 6.24. The summed E-state index contributed by atoms with van der Waals surface area (Å²) >= 11 is 6.00. The predicted molar refractivity (Wildman–Crippen MR) is 90.5 cm³/mol. The molecule has 0 amide bonds. The molecule has 2 heterocycles. The Morgan fingerprint density at radius 1 is 1.32 bits per heavy atom. The van der Waals surface area contributed by atoms with E-state index in [2.05, 4.69) is 9.97 Å². The highest BCUT2D eigenvalue weighted by Crippen LogP contribution is 2.64. The number of hydrogen-bond donors (Lipinski definition) is 1. The van der Waals surface area contributed by atoms with Crippen molar-refractivity contribution in [2.45, 2.75) is 44.1 Å². The Balaban J connectivity index is 1.78. The van der Waals surface area contributed by atoms with Crippen molar-refractivity contribution in [2.75, 3.05) is 0 Å². The molecule has 0 radical (unpaired) electrons. The van der Waals surface area contributed by atoms with Crippen LogP contribution in [0, 0.1) is 17.3 Å². The number of aromatic nitrogens is 4. The first kappa shape index (κ1) is 15.4. The number of aliphatic carboxylic acids is 1. The molecule has 1 N–H and O–H groups in total. The summed E-state index contributed by atoms with van der Waals surface area (Å²) in [4.78, 5) is 33.5. The molecule has 0 aromatic carbocycles. The van der Waals surface area contributed by atoms with Crippen molar-refractivity contribution in [3.8, 4) is 0 Å². The standard InChI is InChI=1S/C17H19ClN4O3/c1-21-11-7-19-14(18)20-12(11)22(15(21)25)17-5-9-2-10(6-17)4-16(3-9,8-17)13(23)24/h7,9-10H,2-6,8H2,1H3,(H,23,24). The highest BCUT2D eigenvalue weighted by molar-refractivity contribution is 6.28. The summed E-state index contributed by atoms with van der Waals surface area (Å²) in [5.74, 6) is 0.000509. The Morgan fingerprint density at radius 3 is 2.64 bits per heavy atom. The Kier molecular flexibility index (Phi) is 2.85. The van der Waals surface area contributed by atoms with Crippen LogP contribution < -0.4 is 5.69 Å². The zero-order valence-electron chi connectivity index (χ0n) is 13.9. The van der Waals surface area contributed by atoms with Gasteiger partial charge in [-0.2, -0.15) is 4.98 Å². The Bertz CT molecular complexity index is 964. The molecule has 4 bridgehead atoms. The van der Waals surface area contributed by atoms with E-state index < -0.39 is 16.9 Å². The van der Waals surface area contributed by atoms with Crippen LogP contribution in [0.25, 0.3) is 11.2 Å². The van der Waals surface area contributed by atoms with Gasteiger partial charge < -0.3 is 5.11 Å². The van der Waals surface area contributed by atoms with Crippen molar-refractivity contribution < 1.29 is 9.90 Å². The van der Waals surface area contributed by atoms with E-state index in [1.807, 2.05) is 0 Å². The van der Waals surface area contributed by atoms with Crippen LogP contribution in [-0.2, 0) is 17.4 Å². The van der Waals surface area contributed by atoms with Crippen LogP contribution >= 0.6 is 11.6 Å². The summed E-state index contributed by atoms with van der Waals surface area (Å²) < 4.78 is 3.28. The van der Waals surface area contributed by atoms with Crippen LogP contribution in [0.4, 0.5) is 0 Å². The molecule has 6 rings (SSSR count). The number of aryl methyl sites for hydroxylation is 1. The predicted octanol–water partition coefficient (Wildman–Crippen LogP) is 2.16. The van der Waals surface area contributed by atoms with E-state index in [-0.39, 0.29) is 11.0 Å². The molecule has 2 aromatic heterocycles. The van der Waals surface area contributed by atoms with Gasteiger partial charge in [-0.15, -0.1) is 0 Å². The molecular weight excluding hydrogens is 344 g/mol. The molecule has 25 heavy (non-hydrogen) atoms. The van der Waals surface area contributed by atoms with Crippen LogP contribution in [0.2, 0.25) is 5.28 Å². The summed E-state index contributed by atoms with van der Waals surface area (Å²) in [7, 11) is 1.70. The van der Waals surface area contributed by atoms with Gasteiger partial charge in [0.05, 0.1) is 17.2 Å². The number of carbonyl (C=O) groups is 1. The molecule has 132 valence electrons. The second kappa shape index (κ2) is 4.63. The summed E-state index contributed by atoms with van der Waals surface area (Å²) in [5, 5.41) is 10.0. The summed E-state index contributed by atoms with van der Waals surface area (Å²) in [6.07, 6.45) is 6.30. The Morgan fingerprint density at radius 2 is 2.00 bits per heavy atom. The van der Waals surface area contributed by atoms with Gasteiger partial charge in [0.2, 0.25) is 5.28 Å². The SMILES string of the molecule is Cn1c(=O)n(C23CC4CC(CC(C(=O)O)(C4)C2)C3)c2nc(Cl)ncc21. The van der Waals surface area contributed by atoms with Gasteiger partial charge in [0, 0.05) is 7.05 Å². The van der Waals surface area contributed by atoms with Gasteiger partial charge in [0.1, 0.15) is 5.52 Å². The largest absolute Gasteiger partial charge is 0.481 e. The van der Waals surface area contributed by atoms with E-state index in [4.69, 9.17) is 11.6 Å². The minimum atomic E-state index is -0.716. The molecule has 2 unspecified atom stereocenters. The smallest absolute Gasteiger partial charge is 0.330 e. The van der Waals surface area contributed by atoms with E-state index in [0.717, 1.165) is 32.1 Å². The average molecular weight is 363 g/mol. The summed E-state index contributed by atoms with van der Waals surface area (Å²) in [6, 6.07) is 0. The minimum Gasteiger partial charge on any atom is -0.481 e. The van der Waals surface area contributed by atoms with Gasteiger partial charge in [0.15, 0.2) is 5.65 Å². The third-order valence-electron chi connectivity index (χ3n) is 6.73. The van der Waals surface area contributed by atoms with Crippen LogP contribution in [-0.4, -0.2) is 30.2 Å².